The van der Waals surface area contributed by atoms with E-state index >= 15 is 0 Å². The van der Waals surface area contributed by atoms with Gasteiger partial charge in [0.15, 0.2) is 17.5 Å². The SMILES string of the molecule is CC12c3ccc(cc3)-c3c(-c4ccccc4)c(-c4ccccc4)c(-c4ccccc4)c(-c4nc(-c5ccccc5)nc(-c5ccccc5)n4)c3N(c3cccc(-c4ccccc4)c3)c3ccc(c1c3)-c1ccccc12. The Balaban J connectivity index is 1.24. The van der Waals surface area contributed by atoms with Crippen LogP contribution >= 0.6 is 0 Å². The third-order valence-corrected chi connectivity index (χ3v) is 15.3. The van der Waals surface area contributed by atoms with Gasteiger partial charge in [-0.25, -0.2) is 15.0 Å². The highest BCUT2D eigenvalue weighted by Crippen LogP contribution is 2.61. The Morgan fingerprint density at radius 2 is 0.693 bits per heavy atom. The molecule has 4 heteroatoms. The van der Waals surface area contributed by atoms with Crippen molar-refractivity contribution in [3.63, 3.8) is 0 Å². The van der Waals surface area contributed by atoms with Crippen LogP contribution in [0, 0.1) is 0 Å². The summed E-state index contributed by atoms with van der Waals surface area (Å²) in [5, 5.41) is 0. The minimum atomic E-state index is -0.451. The standard InChI is InChI=1S/C71H48N4/c1-71-55-41-39-51(40-42-55)65-63(49-27-12-4-13-28-49)62(48-25-10-3-11-26-48)64(50-29-14-5-15-30-50)66(70-73-68(52-31-16-6-17-32-52)72-69(74-70)53-33-18-7-19-34-53)67(65)75(56-36-22-35-54(45-56)47-23-8-2-9-24-47)57-43-44-59(61(71)46-57)58-37-20-21-38-60(58)71/h2-46H,1H3. The Hall–Kier alpha value is -9.77. The Morgan fingerprint density at radius 3 is 1.25 bits per heavy atom. The molecule has 0 amide bonds. The van der Waals surface area contributed by atoms with Crippen LogP contribution in [0.2, 0.25) is 0 Å². The fraction of sp³-hybridized carbons (Fsp3) is 0.0282. The summed E-state index contributed by atoms with van der Waals surface area (Å²) in [4.78, 5) is 19.2. The zero-order chi connectivity index (χ0) is 49.9. The monoisotopic (exact) mass is 956 g/mol. The highest BCUT2D eigenvalue weighted by atomic mass is 15.2. The second-order valence-corrected chi connectivity index (χ2v) is 19.6. The molecule has 11 aromatic carbocycles. The summed E-state index contributed by atoms with van der Waals surface area (Å²) >= 11 is 0. The summed E-state index contributed by atoms with van der Waals surface area (Å²) in [6.45, 7) is 2.41. The Bertz CT molecular complexity index is 4030. The lowest BCUT2D eigenvalue weighted by molar-refractivity contribution is 0.714. The number of aromatic nitrogens is 3. The fourth-order valence-electron chi connectivity index (χ4n) is 11.8. The van der Waals surface area contributed by atoms with Gasteiger partial charge in [0.05, 0.1) is 11.3 Å². The molecule has 4 bridgehead atoms. The second kappa shape index (κ2) is 18.1. The predicted molar refractivity (Wildman–Crippen MR) is 309 cm³/mol. The van der Waals surface area contributed by atoms with E-state index < -0.39 is 5.41 Å². The molecule has 2 aliphatic heterocycles. The van der Waals surface area contributed by atoms with Crippen LogP contribution in [0.4, 0.5) is 17.1 Å². The van der Waals surface area contributed by atoms with Gasteiger partial charge in [-0.15, -0.1) is 0 Å². The number of fused-ring (bicyclic) bond motifs is 4. The molecule has 1 atom stereocenters. The molecule has 1 aliphatic carbocycles. The van der Waals surface area contributed by atoms with Crippen LogP contribution in [-0.2, 0) is 5.41 Å². The molecule has 0 spiro atoms. The normalized spacial score (nSPS) is 14.0. The topological polar surface area (TPSA) is 41.9 Å². The van der Waals surface area contributed by atoms with Crippen LogP contribution < -0.4 is 4.90 Å². The molecule has 1 unspecified atom stereocenters. The highest BCUT2D eigenvalue weighted by molar-refractivity contribution is 6.16. The highest BCUT2D eigenvalue weighted by Gasteiger charge is 2.43. The molecule has 4 nitrogen and oxygen atoms in total. The van der Waals surface area contributed by atoms with Gasteiger partial charge in [-0.3, -0.25) is 0 Å². The maximum Gasteiger partial charge on any atom is 0.166 e. The molecule has 1 aromatic heterocycles. The van der Waals surface area contributed by atoms with E-state index in [9.17, 15) is 0 Å². The van der Waals surface area contributed by atoms with Gasteiger partial charge in [0.1, 0.15) is 0 Å². The molecular weight excluding hydrogens is 909 g/mol. The fourth-order valence-corrected chi connectivity index (χ4v) is 11.8. The second-order valence-electron chi connectivity index (χ2n) is 19.6. The summed E-state index contributed by atoms with van der Waals surface area (Å²) in [5.74, 6) is 1.74. The van der Waals surface area contributed by atoms with E-state index in [1.807, 2.05) is 12.1 Å². The van der Waals surface area contributed by atoms with Crippen LogP contribution in [0.15, 0.2) is 273 Å². The number of hydrogen-bond acceptors (Lipinski definition) is 4. The average molecular weight is 957 g/mol. The first-order valence-electron chi connectivity index (χ1n) is 25.7. The van der Waals surface area contributed by atoms with E-state index in [1.54, 1.807) is 0 Å². The first kappa shape index (κ1) is 44.0. The first-order valence-corrected chi connectivity index (χ1v) is 25.7. The Morgan fingerprint density at radius 1 is 0.280 bits per heavy atom. The zero-order valence-corrected chi connectivity index (χ0v) is 41.3. The number of rotatable bonds is 8. The van der Waals surface area contributed by atoms with Gasteiger partial charge < -0.3 is 4.90 Å². The number of nitrogens with zero attached hydrogens (tertiary/aromatic N) is 4. The van der Waals surface area contributed by atoms with Crippen molar-refractivity contribution in [2.45, 2.75) is 12.3 Å². The van der Waals surface area contributed by atoms with E-state index in [2.05, 4.69) is 273 Å². The third kappa shape index (κ3) is 7.33. The smallest absolute Gasteiger partial charge is 0.166 e. The van der Waals surface area contributed by atoms with Crippen LogP contribution in [0.5, 0.6) is 0 Å². The minimum Gasteiger partial charge on any atom is -0.309 e. The van der Waals surface area contributed by atoms with Gasteiger partial charge in [0.2, 0.25) is 0 Å². The Labute approximate surface area is 437 Å². The molecule has 3 aliphatic rings. The van der Waals surface area contributed by atoms with Gasteiger partial charge in [-0.2, -0.15) is 0 Å². The molecule has 0 saturated heterocycles. The van der Waals surface area contributed by atoms with Crippen molar-refractivity contribution in [3.8, 4) is 101 Å². The summed E-state index contributed by atoms with van der Waals surface area (Å²) in [7, 11) is 0. The Kier molecular flexibility index (Phi) is 10.6. The molecule has 0 radical (unpaired) electrons. The summed E-state index contributed by atoms with van der Waals surface area (Å²) < 4.78 is 0. The quantitative estimate of drug-likeness (QED) is 0.152. The van der Waals surface area contributed by atoms with Crippen molar-refractivity contribution in [1.29, 1.82) is 0 Å². The number of anilines is 3. The largest absolute Gasteiger partial charge is 0.309 e. The lowest BCUT2D eigenvalue weighted by atomic mass is 9.74. The van der Waals surface area contributed by atoms with Crippen LogP contribution in [-0.4, -0.2) is 15.0 Å². The third-order valence-electron chi connectivity index (χ3n) is 15.3. The summed E-state index contributed by atoms with van der Waals surface area (Å²) in [6.07, 6.45) is 0. The van der Waals surface area contributed by atoms with Crippen molar-refractivity contribution in [1.82, 2.24) is 15.0 Å². The molecule has 75 heavy (non-hydrogen) atoms. The van der Waals surface area contributed by atoms with Gasteiger partial charge in [-0.05, 0) is 98.0 Å². The van der Waals surface area contributed by atoms with Gasteiger partial charge in [-0.1, -0.05) is 249 Å². The van der Waals surface area contributed by atoms with Gasteiger partial charge in [0.25, 0.3) is 0 Å². The zero-order valence-electron chi connectivity index (χ0n) is 41.3. The summed E-state index contributed by atoms with van der Waals surface area (Å²) in [5.41, 5.74) is 22.3. The van der Waals surface area contributed by atoms with Crippen molar-refractivity contribution in [2.24, 2.45) is 0 Å². The molecule has 15 rings (SSSR count). The molecule has 3 heterocycles. The maximum absolute atomic E-state index is 5.71. The van der Waals surface area contributed by atoms with Crippen molar-refractivity contribution in [2.75, 3.05) is 4.90 Å². The molecule has 0 fully saturated rings. The minimum absolute atomic E-state index is 0.451. The van der Waals surface area contributed by atoms with Gasteiger partial charge in [0, 0.05) is 44.6 Å². The predicted octanol–water partition coefficient (Wildman–Crippen LogP) is 18.3. The molecule has 0 N–H and O–H groups in total. The molecule has 12 aromatic rings. The maximum atomic E-state index is 5.71. The van der Waals surface area contributed by atoms with E-state index in [1.165, 1.54) is 27.8 Å². The molecule has 352 valence electrons. The number of hydrogen-bond donors (Lipinski definition) is 0. The first-order chi connectivity index (χ1) is 37.1. The van der Waals surface area contributed by atoms with Crippen molar-refractivity contribution < 1.29 is 0 Å². The van der Waals surface area contributed by atoms with E-state index in [0.717, 1.165) is 89.4 Å². The number of benzene rings is 11. The van der Waals surface area contributed by atoms with E-state index in [0.29, 0.717) is 17.5 Å². The van der Waals surface area contributed by atoms with Crippen molar-refractivity contribution >= 4 is 17.1 Å². The lowest BCUT2D eigenvalue weighted by Crippen LogP contribution is -2.22. The van der Waals surface area contributed by atoms with Gasteiger partial charge >= 0.3 is 0 Å². The summed E-state index contributed by atoms with van der Waals surface area (Å²) in [6, 6.07) is 98.6. The lowest BCUT2D eigenvalue weighted by Gasteiger charge is -2.35. The average Bonchev–Trinajstić information content (AvgIpc) is 3.79. The van der Waals surface area contributed by atoms with Crippen LogP contribution in [0.3, 0.4) is 0 Å². The molecular formula is C71H48N4. The van der Waals surface area contributed by atoms with E-state index in [4.69, 9.17) is 15.0 Å². The van der Waals surface area contributed by atoms with Crippen LogP contribution in [0.25, 0.3) is 101 Å². The van der Waals surface area contributed by atoms with E-state index in [-0.39, 0.29) is 0 Å². The molecule has 0 saturated carbocycles. The van der Waals surface area contributed by atoms with Crippen molar-refractivity contribution in [3.05, 3.63) is 290 Å². The van der Waals surface area contributed by atoms with Crippen LogP contribution in [0.1, 0.15) is 23.6 Å².